The molecule has 0 aromatic heterocycles. The van der Waals surface area contributed by atoms with E-state index in [1.807, 2.05) is 0 Å². The standard InChI is InChI=1S/C9H16F3NO/c10-9(11,12)5-1-2-8(14)6-13-7-3-4-7/h7-8,13-14H,1-6H2. The Bertz CT molecular complexity index is 168. The molecule has 0 aromatic rings. The van der Waals surface area contributed by atoms with Crippen LogP contribution in [0, 0.1) is 0 Å². The van der Waals surface area contributed by atoms with Crippen LogP contribution in [0.3, 0.4) is 0 Å². The largest absolute Gasteiger partial charge is 0.392 e. The molecule has 84 valence electrons. The molecule has 0 spiro atoms. The molecule has 2 N–H and O–H groups in total. The molecule has 1 unspecified atom stereocenters. The van der Waals surface area contributed by atoms with E-state index >= 15 is 0 Å². The second kappa shape index (κ2) is 4.98. The van der Waals surface area contributed by atoms with Gasteiger partial charge in [0.1, 0.15) is 0 Å². The maximum atomic E-state index is 11.7. The summed E-state index contributed by atoms with van der Waals surface area (Å²) in [6.45, 7) is 0.419. The van der Waals surface area contributed by atoms with E-state index in [1.54, 1.807) is 0 Å². The summed E-state index contributed by atoms with van der Waals surface area (Å²) in [5.41, 5.74) is 0. The van der Waals surface area contributed by atoms with Crippen LogP contribution in [0.4, 0.5) is 13.2 Å². The van der Waals surface area contributed by atoms with Crippen molar-refractivity contribution >= 4 is 0 Å². The van der Waals surface area contributed by atoms with Crippen molar-refractivity contribution in [3.8, 4) is 0 Å². The van der Waals surface area contributed by atoms with Crippen LogP contribution in [0.1, 0.15) is 32.1 Å². The van der Waals surface area contributed by atoms with Crippen molar-refractivity contribution in [1.29, 1.82) is 0 Å². The highest BCUT2D eigenvalue weighted by Gasteiger charge is 2.27. The summed E-state index contributed by atoms with van der Waals surface area (Å²) in [6, 6.07) is 0.493. The van der Waals surface area contributed by atoms with Crippen LogP contribution < -0.4 is 5.32 Å². The Balaban J connectivity index is 1.93. The van der Waals surface area contributed by atoms with Crippen molar-refractivity contribution in [2.45, 2.75) is 50.4 Å². The number of nitrogens with one attached hydrogen (secondary N) is 1. The lowest BCUT2D eigenvalue weighted by Crippen LogP contribution is -2.28. The molecule has 0 aromatic carbocycles. The van der Waals surface area contributed by atoms with Gasteiger partial charge >= 0.3 is 6.18 Å². The van der Waals surface area contributed by atoms with Crippen molar-refractivity contribution in [3.05, 3.63) is 0 Å². The van der Waals surface area contributed by atoms with Crippen LogP contribution in [0.2, 0.25) is 0 Å². The predicted octanol–water partition coefficient (Wildman–Crippen LogP) is 1.83. The average Bonchev–Trinajstić information content (AvgIpc) is 2.81. The summed E-state index contributed by atoms with van der Waals surface area (Å²) < 4.78 is 35.2. The fourth-order valence-electron chi connectivity index (χ4n) is 1.23. The fraction of sp³-hybridized carbons (Fsp3) is 1.00. The highest BCUT2D eigenvalue weighted by Crippen LogP contribution is 2.23. The minimum absolute atomic E-state index is 0.0109. The van der Waals surface area contributed by atoms with Gasteiger partial charge in [-0.05, 0) is 25.7 Å². The Morgan fingerprint density at radius 1 is 1.36 bits per heavy atom. The van der Waals surface area contributed by atoms with Gasteiger partial charge in [-0.1, -0.05) is 0 Å². The molecule has 1 aliphatic rings. The summed E-state index contributed by atoms with van der Waals surface area (Å²) >= 11 is 0. The zero-order valence-electron chi connectivity index (χ0n) is 7.98. The van der Waals surface area contributed by atoms with E-state index in [0.29, 0.717) is 12.6 Å². The van der Waals surface area contributed by atoms with E-state index in [4.69, 9.17) is 0 Å². The molecule has 0 aliphatic heterocycles. The molecular weight excluding hydrogens is 195 g/mol. The number of hydrogen-bond acceptors (Lipinski definition) is 2. The van der Waals surface area contributed by atoms with Crippen LogP contribution in [-0.2, 0) is 0 Å². The molecule has 1 aliphatic carbocycles. The molecule has 2 nitrogen and oxygen atoms in total. The highest BCUT2D eigenvalue weighted by atomic mass is 19.4. The topological polar surface area (TPSA) is 32.3 Å². The first-order chi connectivity index (χ1) is 6.47. The Morgan fingerprint density at radius 3 is 2.50 bits per heavy atom. The summed E-state index contributed by atoms with van der Waals surface area (Å²) in [7, 11) is 0. The number of aliphatic hydroxyl groups excluding tert-OH is 1. The molecule has 0 saturated heterocycles. The normalized spacial score (nSPS) is 19.7. The Morgan fingerprint density at radius 2 is 2.00 bits per heavy atom. The molecule has 0 radical (unpaired) electrons. The molecular formula is C9H16F3NO. The van der Waals surface area contributed by atoms with E-state index in [1.165, 1.54) is 0 Å². The summed E-state index contributed by atoms with van der Waals surface area (Å²) in [6.07, 6.45) is -3.06. The smallest absolute Gasteiger partial charge is 0.389 e. The van der Waals surface area contributed by atoms with Gasteiger partial charge in [-0.15, -0.1) is 0 Å². The third kappa shape index (κ3) is 6.21. The number of alkyl halides is 3. The van der Waals surface area contributed by atoms with Gasteiger partial charge in [-0.25, -0.2) is 0 Å². The van der Waals surface area contributed by atoms with Gasteiger partial charge in [-0.3, -0.25) is 0 Å². The van der Waals surface area contributed by atoms with Gasteiger partial charge in [0.2, 0.25) is 0 Å². The van der Waals surface area contributed by atoms with E-state index in [9.17, 15) is 18.3 Å². The van der Waals surface area contributed by atoms with Gasteiger partial charge in [-0.2, -0.15) is 13.2 Å². The second-order valence-electron chi connectivity index (χ2n) is 3.84. The highest BCUT2D eigenvalue weighted by molar-refractivity contribution is 4.81. The lowest BCUT2D eigenvalue weighted by Gasteiger charge is -2.12. The van der Waals surface area contributed by atoms with Crippen LogP contribution in [0.15, 0.2) is 0 Å². The molecule has 5 heteroatoms. The molecule has 0 heterocycles. The molecule has 1 saturated carbocycles. The van der Waals surface area contributed by atoms with Crippen LogP contribution in [0.5, 0.6) is 0 Å². The molecule has 0 bridgehead atoms. The average molecular weight is 211 g/mol. The van der Waals surface area contributed by atoms with Crippen molar-refractivity contribution in [3.63, 3.8) is 0 Å². The van der Waals surface area contributed by atoms with Crippen molar-refractivity contribution in [2.75, 3.05) is 6.54 Å². The van der Waals surface area contributed by atoms with E-state index in [0.717, 1.165) is 12.8 Å². The van der Waals surface area contributed by atoms with Crippen molar-refractivity contribution < 1.29 is 18.3 Å². The van der Waals surface area contributed by atoms with Gasteiger partial charge in [0.25, 0.3) is 0 Å². The summed E-state index contributed by atoms with van der Waals surface area (Å²) in [5, 5.41) is 12.4. The first-order valence-electron chi connectivity index (χ1n) is 4.95. The quantitative estimate of drug-likeness (QED) is 0.702. The van der Waals surface area contributed by atoms with E-state index in [-0.39, 0.29) is 12.8 Å². The van der Waals surface area contributed by atoms with Crippen molar-refractivity contribution in [2.24, 2.45) is 0 Å². The van der Waals surface area contributed by atoms with Crippen LogP contribution in [0.25, 0.3) is 0 Å². The maximum Gasteiger partial charge on any atom is 0.389 e. The monoisotopic (exact) mass is 211 g/mol. The first kappa shape index (κ1) is 11.8. The van der Waals surface area contributed by atoms with Crippen molar-refractivity contribution in [1.82, 2.24) is 5.32 Å². The minimum atomic E-state index is -4.09. The molecule has 1 atom stereocenters. The molecule has 0 amide bonds. The lowest BCUT2D eigenvalue weighted by atomic mass is 10.1. The molecule has 14 heavy (non-hydrogen) atoms. The zero-order valence-corrected chi connectivity index (χ0v) is 7.98. The van der Waals surface area contributed by atoms with Gasteiger partial charge in [0.05, 0.1) is 6.10 Å². The van der Waals surface area contributed by atoms with Gasteiger partial charge in [0.15, 0.2) is 0 Å². The maximum absolute atomic E-state index is 11.7. The number of hydrogen-bond donors (Lipinski definition) is 2. The van der Waals surface area contributed by atoms with Crippen LogP contribution in [-0.4, -0.2) is 30.0 Å². The minimum Gasteiger partial charge on any atom is -0.392 e. The Hall–Kier alpha value is -0.290. The van der Waals surface area contributed by atoms with Gasteiger partial charge in [0, 0.05) is 19.0 Å². The van der Waals surface area contributed by atoms with E-state index < -0.39 is 18.7 Å². The number of halogens is 3. The Kier molecular flexibility index (Phi) is 4.19. The van der Waals surface area contributed by atoms with Crippen LogP contribution >= 0.6 is 0 Å². The molecule has 1 rings (SSSR count). The third-order valence-corrected chi connectivity index (χ3v) is 2.22. The number of aliphatic hydroxyl groups is 1. The number of rotatable bonds is 6. The second-order valence-corrected chi connectivity index (χ2v) is 3.84. The SMILES string of the molecule is OC(CCCC(F)(F)F)CNC1CC1. The third-order valence-electron chi connectivity index (χ3n) is 2.22. The fourth-order valence-corrected chi connectivity index (χ4v) is 1.23. The summed E-state index contributed by atoms with van der Waals surface area (Å²) in [5.74, 6) is 0. The molecule has 1 fully saturated rings. The first-order valence-corrected chi connectivity index (χ1v) is 4.95. The van der Waals surface area contributed by atoms with E-state index in [2.05, 4.69) is 5.32 Å². The Labute approximate surface area is 81.5 Å². The lowest BCUT2D eigenvalue weighted by molar-refractivity contribution is -0.136. The zero-order chi connectivity index (χ0) is 10.6. The van der Waals surface area contributed by atoms with Gasteiger partial charge < -0.3 is 10.4 Å². The predicted molar refractivity (Wildman–Crippen MR) is 46.9 cm³/mol. The summed E-state index contributed by atoms with van der Waals surface area (Å²) in [4.78, 5) is 0.